The van der Waals surface area contributed by atoms with E-state index in [2.05, 4.69) is 46.1 Å². The minimum Gasteiger partial charge on any atom is -0.484 e. The average Bonchev–Trinajstić information content (AvgIpc) is 3.17. The van der Waals surface area contributed by atoms with Gasteiger partial charge in [-0.2, -0.15) is 11.3 Å². The highest BCUT2D eigenvalue weighted by Crippen LogP contribution is 2.32. The number of ether oxygens (including phenoxy) is 3. The zero-order valence-corrected chi connectivity index (χ0v) is 16.9. The second-order valence-corrected chi connectivity index (χ2v) is 8.10. The molecule has 0 spiro atoms. The molecule has 1 aromatic carbocycles. The number of carbonyl (C=O) groups excluding carboxylic acids is 1. The van der Waals surface area contributed by atoms with Gasteiger partial charge in [-0.15, -0.1) is 0 Å². The molecule has 1 saturated heterocycles. The summed E-state index contributed by atoms with van der Waals surface area (Å²) in [5.74, 6) is 0.895. The van der Waals surface area contributed by atoms with Crippen LogP contribution in [0.15, 0.2) is 35.0 Å². The smallest absolute Gasteiger partial charge is 0.234 e. The summed E-state index contributed by atoms with van der Waals surface area (Å²) >= 11 is 1.66. The topological polar surface area (TPSA) is 60.0 Å². The highest BCUT2D eigenvalue weighted by Gasteiger charge is 2.26. The third-order valence-electron chi connectivity index (χ3n) is 5.00. The van der Waals surface area contributed by atoms with E-state index in [4.69, 9.17) is 14.2 Å². The Hall–Kier alpha value is -1.93. The van der Waals surface area contributed by atoms with Gasteiger partial charge in [0.25, 0.3) is 0 Å². The molecule has 150 valence electrons. The SMILES string of the molecule is Cc1ccc2c(c1)CN(CC(=O)NCC1COCCO1)CC(c1ccsc1)O2. The van der Waals surface area contributed by atoms with Crippen molar-refractivity contribution in [3.05, 3.63) is 51.7 Å². The summed E-state index contributed by atoms with van der Waals surface area (Å²) in [6, 6.07) is 8.34. The van der Waals surface area contributed by atoms with Gasteiger partial charge in [0.15, 0.2) is 0 Å². The van der Waals surface area contributed by atoms with Gasteiger partial charge in [-0.25, -0.2) is 0 Å². The van der Waals surface area contributed by atoms with E-state index in [0.717, 1.165) is 16.9 Å². The number of benzene rings is 1. The number of rotatable bonds is 5. The molecule has 0 saturated carbocycles. The first kappa shape index (κ1) is 19.4. The first-order valence-corrected chi connectivity index (χ1v) is 10.6. The fourth-order valence-electron chi connectivity index (χ4n) is 3.57. The quantitative estimate of drug-likeness (QED) is 0.833. The number of nitrogens with one attached hydrogen (secondary N) is 1. The van der Waals surface area contributed by atoms with E-state index < -0.39 is 0 Å². The standard InChI is InChI=1S/C21H26N2O4S/c1-15-2-3-19-17(8-15)10-23(11-20(27-19)16-4-7-28-14-16)12-21(24)22-9-18-13-25-5-6-26-18/h2-4,7-8,14,18,20H,5-6,9-13H2,1H3,(H,22,24). The largest absolute Gasteiger partial charge is 0.484 e. The first-order valence-electron chi connectivity index (χ1n) is 9.64. The number of hydrogen-bond acceptors (Lipinski definition) is 6. The Balaban J connectivity index is 1.43. The third kappa shape index (κ3) is 4.91. The molecule has 2 aliphatic rings. The van der Waals surface area contributed by atoms with Gasteiger partial charge in [-0.3, -0.25) is 9.69 Å². The molecule has 2 atom stereocenters. The fraction of sp³-hybridized carbons (Fsp3) is 0.476. The van der Waals surface area contributed by atoms with Crippen LogP contribution in [0.2, 0.25) is 0 Å². The van der Waals surface area contributed by atoms with E-state index in [1.54, 1.807) is 11.3 Å². The number of hydrogen-bond donors (Lipinski definition) is 1. The number of carbonyl (C=O) groups is 1. The lowest BCUT2D eigenvalue weighted by Gasteiger charge is -2.25. The molecule has 6 nitrogen and oxygen atoms in total. The molecule has 7 heteroatoms. The van der Waals surface area contributed by atoms with Crippen LogP contribution in [-0.4, -0.2) is 56.4 Å². The minimum atomic E-state index is -0.0851. The van der Waals surface area contributed by atoms with Crippen molar-refractivity contribution < 1.29 is 19.0 Å². The van der Waals surface area contributed by atoms with Crippen LogP contribution in [0.5, 0.6) is 5.75 Å². The first-order chi connectivity index (χ1) is 13.7. The fourth-order valence-corrected chi connectivity index (χ4v) is 4.27. The second-order valence-electron chi connectivity index (χ2n) is 7.32. The Kier molecular flexibility index (Phi) is 6.26. The highest BCUT2D eigenvalue weighted by molar-refractivity contribution is 7.07. The van der Waals surface area contributed by atoms with Gasteiger partial charge < -0.3 is 19.5 Å². The van der Waals surface area contributed by atoms with Crippen LogP contribution in [-0.2, 0) is 20.8 Å². The maximum absolute atomic E-state index is 12.6. The molecular formula is C21H26N2O4S. The van der Waals surface area contributed by atoms with Crippen molar-refractivity contribution in [2.45, 2.75) is 25.7 Å². The molecule has 1 N–H and O–H groups in total. The number of amides is 1. The molecule has 1 fully saturated rings. The van der Waals surface area contributed by atoms with Gasteiger partial charge in [0.1, 0.15) is 11.9 Å². The maximum atomic E-state index is 12.6. The van der Waals surface area contributed by atoms with Crippen molar-refractivity contribution in [1.29, 1.82) is 0 Å². The number of fused-ring (bicyclic) bond motifs is 1. The van der Waals surface area contributed by atoms with Crippen molar-refractivity contribution in [3.8, 4) is 5.75 Å². The highest BCUT2D eigenvalue weighted by atomic mass is 32.1. The lowest BCUT2D eigenvalue weighted by molar-refractivity contribution is -0.125. The Morgan fingerprint density at radius 2 is 2.25 bits per heavy atom. The van der Waals surface area contributed by atoms with Gasteiger partial charge >= 0.3 is 0 Å². The molecular weight excluding hydrogens is 376 g/mol. The van der Waals surface area contributed by atoms with Crippen LogP contribution >= 0.6 is 11.3 Å². The lowest BCUT2D eigenvalue weighted by Crippen LogP contribution is -2.44. The summed E-state index contributed by atoms with van der Waals surface area (Å²) in [6.07, 6.45) is -0.148. The van der Waals surface area contributed by atoms with Crippen LogP contribution in [0.25, 0.3) is 0 Å². The van der Waals surface area contributed by atoms with Gasteiger partial charge in [0, 0.05) is 30.8 Å². The molecule has 2 aromatic rings. The average molecular weight is 403 g/mol. The molecule has 2 aliphatic heterocycles. The van der Waals surface area contributed by atoms with Gasteiger partial charge in [-0.05, 0) is 29.8 Å². The third-order valence-corrected chi connectivity index (χ3v) is 5.70. The Labute approximate surface area is 169 Å². The normalized spacial score (nSPS) is 22.8. The van der Waals surface area contributed by atoms with Crippen LogP contribution in [0.4, 0.5) is 0 Å². The lowest BCUT2D eigenvalue weighted by atomic mass is 10.1. The van der Waals surface area contributed by atoms with Crippen LogP contribution in [0, 0.1) is 6.92 Å². The Morgan fingerprint density at radius 3 is 3.04 bits per heavy atom. The molecule has 2 unspecified atom stereocenters. The van der Waals surface area contributed by atoms with Crippen LogP contribution < -0.4 is 10.1 Å². The van der Waals surface area contributed by atoms with Crippen molar-refractivity contribution >= 4 is 17.2 Å². The van der Waals surface area contributed by atoms with Crippen LogP contribution in [0.1, 0.15) is 22.8 Å². The molecule has 1 aromatic heterocycles. The van der Waals surface area contributed by atoms with E-state index in [-0.39, 0.29) is 18.1 Å². The minimum absolute atomic E-state index is 0.00524. The predicted molar refractivity (Wildman–Crippen MR) is 108 cm³/mol. The summed E-state index contributed by atoms with van der Waals surface area (Å²) in [5.41, 5.74) is 3.46. The molecule has 0 aliphatic carbocycles. The van der Waals surface area contributed by atoms with E-state index in [1.165, 1.54) is 5.56 Å². The summed E-state index contributed by atoms with van der Waals surface area (Å²) < 4.78 is 17.3. The zero-order chi connectivity index (χ0) is 19.3. The monoisotopic (exact) mass is 402 g/mol. The summed E-state index contributed by atoms with van der Waals surface area (Å²) in [7, 11) is 0. The van der Waals surface area contributed by atoms with Crippen LogP contribution in [0.3, 0.4) is 0 Å². The molecule has 0 radical (unpaired) electrons. The summed E-state index contributed by atoms with van der Waals surface area (Å²) in [5, 5.41) is 7.15. The van der Waals surface area contributed by atoms with Crippen molar-refractivity contribution in [2.75, 3.05) is 39.5 Å². The van der Waals surface area contributed by atoms with Gasteiger partial charge in [0.05, 0.1) is 32.5 Å². The zero-order valence-electron chi connectivity index (χ0n) is 16.1. The number of nitrogens with zero attached hydrogens (tertiary/aromatic N) is 1. The second kappa shape index (κ2) is 9.05. The summed E-state index contributed by atoms with van der Waals surface area (Å²) in [6.45, 7) is 5.98. The Bertz CT molecular complexity index is 790. The maximum Gasteiger partial charge on any atom is 0.234 e. The molecule has 28 heavy (non-hydrogen) atoms. The van der Waals surface area contributed by atoms with Crippen molar-refractivity contribution in [3.63, 3.8) is 0 Å². The molecule has 4 rings (SSSR count). The van der Waals surface area contributed by atoms with E-state index >= 15 is 0 Å². The molecule has 0 bridgehead atoms. The molecule has 1 amide bonds. The number of aryl methyl sites for hydroxylation is 1. The van der Waals surface area contributed by atoms with Crippen molar-refractivity contribution in [2.24, 2.45) is 0 Å². The summed E-state index contributed by atoms with van der Waals surface area (Å²) in [4.78, 5) is 14.7. The van der Waals surface area contributed by atoms with Gasteiger partial charge in [-0.1, -0.05) is 17.7 Å². The number of thiophene rings is 1. The van der Waals surface area contributed by atoms with Crippen molar-refractivity contribution in [1.82, 2.24) is 10.2 Å². The Morgan fingerprint density at radius 1 is 1.32 bits per heavy atom. The van der Waals surface area contributed by atoms with E-state index in [9.17, 15) is 4.79 Å². The van der Waals surface area contributed by atoms with E-state index in [1.807, 2.05) is 6.07 Å². The predicted octanol–water partition coefficient (Wildman–Crippen LogP) is 2.52. The van der Waals surface area contributed by atoms with E-state index in [0.29, 0.717) is 46.0 Å². The van der Waals surface area contributed by atoms with Gasteiger partial charge in [0.2, 0.25) is 5.91 Å². The molecule has 3 heterocycles.